The Labute approximate surface area is 215 Å². The van der Waals surface area contributed by atoms with Crippen LogP contribution in [0.1, 0.15) is 37.7 Å². The largest absolute Gasteiger partial charge is 0.454 e. The summed E-state index contributed by atoms with van der Waals surface area (Å²) in [5.74, 6) is 5.02. The number of para-hydroxylation sites is 1. The lowest BCUT2D eigenvalue weighted by atomic mass is 9.82. The molecule has 0 spiro atoms. The highest BCUT2D eigenvalue weighted by Gasteiger charge is 2.48. The summed E-state index contributed by atoms with van der Waals surface area (Å²) in [7, 11) is 0. The predicted octanol–water partition coefficient (Wildman–Crippen LogP) is 2.62. The number of carbonyl (C=O) groups excluding carboxylic acids is 2. The molecule has 1 saturated carbocycles. The monoisotopic (exact) mass is 503 g/mol. The molecular weight excluding hydrogens is 473 g/mol. The zero-order chi connectivity index (χ0) is 25.9. The van der Waals surface area contributed by atoms with E-state index in [1.54, 1.807) is 30.3 Å². The summed E-state index contributed by atoms with van der Waals surface area (Å²) >= 11 is 0. The molecule has 1 aliphatic carbocycles. The fourth-order valence-corrected chi connectivity index (χ4v) is 5.59. The van der Waals surface area contributed by atoms with Gasteiger partial charge in [-0.05, 0) is 72.9 Å². The summed E-state index contributed by atoms with van der Waals surface area (Å²) in [4.78, 5) is 26.0. The number of benzene rings is 2. The molecule has 2 amide bonds. The fourth-order valence-electron chi connectivity index (χ4n) is 5.59. The van der Waals surface area contributed by atoms with Crippen LogP contribution >= 0.6 is 0 Å². The molecule has 6 N–H and O–H groups in total. The minimum Gasteiger partial charge on any atom is -0.454 e. The van der Waals surface area contributed by atoms with Crippen molar-refractivity contribution < 1.29 is 18.7 Å². The zero-order valence-electron chi connectivity index (χ0n) is 20.3. The predicted molar refractivity (Wildman–Crippen MR) is 137 cm³/mol. The first kappa shape index (κ1) is 24.8. The molecule has 8 nitrogen and oxygen atoms in total. The summed E-state index contributed by atoms with van der Waals surface area (Å²) in [5.41, 5.74) is 19.1. The van der Waals surface area contributed by atoms with Gasteiger partial charge in [-0.3, -0.25) is 15.0 Å². The first-order chi connectivity index (χ1) is 17.9. The Morgan fingerprint density at radius 1 is 1.11 bits per heavy atom. The molecule has 9 heteroatoms. The number of amides is 2. The number of fused-ring (bicyclic) bond motifs is 1. The standard InChI is InChI=1S/C28H30FN5O3/c29-22-5-1-2-6-23(22)37-20-14-10-18(11-15-20)21-16-34(26-25(21)27(31)32-33-28(26)36)19-12-8-17(9-13-19)4-3-7-24(30)35/h1-2,5-6,10-11,14-17,19,25-27,32H,4,8-9,12-13,31H2,(H2,30,35)(H,33,36). The number of rotatable bonds is 5. The minimum atomic E-state index is -0.602. The molecule has 0 aromatic heterocycles. The molecule has 3 unspecified atom stereocenters. The van der Waals surface area contributed by atoms with Gasteiger partial charge in [0.05, 0.1) is 6.17 Å². The summed E-state index contributed by atoms with van der Waals surface area (Å²) in [6, 6.07) is 13.5. The highest BCUT2D eigenvalue weighted by atomic mass is 19.1. The molecule has 3 aliphatic rings. The van der Waals surface area contributed by atoms with Gasteiger partial charge in [-0.1, -0.05) is 30.2 Å². The van der Waals surface area contributed by atoms with Crippen LogP contribution in [0.4, 0.5) is 4.39 Å². The molecular formula is C28H30FN5O3. The average molecular weight is 504 g/mol. The summed E-state index contributed by atoms with van der Waals surface area (Å²) in [6.07, 6.45) is 6.04. The van der Waals surface area contributed by atoms with E-state index >= 15 is 0 Å². The molecule has 192 valence electrons. The molecule has 3 atom stereocenters. The van der Waals surface area contributed by atoms with Gasteiger partial charge >= 0.3 is 0 Å². The first-order valence-corrected chi connectivity index (χ1v) is 12.5. The van der Waals surface area contributed by atoms with Crippen LogP contribution in [0.25, 0.3) is 5.57 Å². The van der Waals surface area contributed by atoms with E-state index < -0.39 is 23.9 Å². The normalized spacial score (nSPS) is 26.9. The van der Waals surface area contributed by atoms with Crippen molar-refractivity contribution in [1.29, 1.82) is 0 Å². The fraction of sp³-hybridized carbons (Fsp3) is 0.357. The van der Waals surface area contributed by atoms with Crippen molar-refractivity contribution in [1.82, 2.24) is 15.8 Å². The van der Waals surface area contributed by atoms with Crippen molar-refractivity contribution in [2.75, 3.05) is 0 Å². The third-order valence-corrected chi connectivity index (χ3v) is 7.42. The van der Waals surface area contributed by atoms with Crippen molar-refractivity contribution in [3.05, 3.63) is 66.1 Å². The van der Waals surface area contributed by atoms with Gasteiger partial charge in [-0.15, -0.1) is 0 Å². The number of halogens is 1. The number of nitrogens with two attached hydrogens (primary N) is 2. The molecule has 1 saturated heterocycles. The van der Waals surface area contributed by atoms with Gasteiger partial charge in [0, 0.05) is 24.6 Å². The van der Waals surface area contributed by atoms with E-state index in [0.717, 1.165) is 36.8 Å². The average Bonchev–Trinajstić information content (AvgIpc) is 3.30. The Balaban J connectivity index is 1.34. The minimum absolute atomic E-state index is 0.105. The Kier molecular flexibility index (Phi) is 7.12. The van der Waals surface area contributed by atoms with Crippen LogP contribution in [0.2, 0.25) is 0 Å². The number of nitrogens with one attached hydrogen (secondary N) is 2. The Hall–Kier alpha value is -3.87. The molecule has 2 aromatic rings. The second kappa shape index (κ2) is 10.6. The van der Waals surface area contributed by atoms with Gasteiger partial charge in [0.25, 0.3) is 11.8 Å². The first-order valence-electron chi connectivity index (χ1n) is 12.5. The van der Waals surface area contributed by atoms with Crippen LogP contribution in [0.3, 0.4) is 0 Å². The zero-order valence-corrected chi connectivity index (χ0v) is 20.3. The number of nitrogens with zero attached hydrogens (tertiary/aromatic N) is 1. The summed E-state index contributed by atoms with van der Waals surface area (Å²) in [5, 5.41) is 0. The smallest absolute Gasteiger partial charge is 0.293 e. The van der Waals surface area contributed by atoms with Crippen molar-refractivity contribution >= 4 is 17.4 Å². The summed E-state index contributed by atoms with van der Waals surface area (Å²) in [6.45, 7) is 0. The van der Waals surface area contributed by atoms with E-state index in [1.807, 2.05) is 12.1 Å². The van der Waals surface area contributed by atoms with Crippen LogP contribution in [0.15, 0.2) is 54.7 Å². The molecule has 2 aromatic carbocycles. The van der Waals surface area contributed by atoms with E-state index in [1.165, 1.54) is 6.07 Å². The Morgan fingerprint density at radius 2 is 1.84 bits per heavy atom. The maximum Gasteiger partial charge on any atom is 0.293 e. The van der Waals surface area contributed by atoms with Crippen LogP contribution in [0, 0.1) is 29.5 Å². The Morgan fingerprint density at radius 3 is 2.54 bits per heavy atom. The van der Waals surface area contributed by atoms with Crippen molar-refractivity contribution in [3.8, 4) is 23.3 Å². The molecule has 2 aliphatic heterocycles. The second-order valence-electron chi connectivity index (χ2n) is 9.76. The second-order valence-corrected chi connectivity index (χ2v) is 9.76. The van der Waals surface area contributed by atoms with Crippen LogP contribution < -0.4 is 27.1 Å². The maximum atomic E-state index is 14.0. The molecule has 2 fully saturated rings. The quantitative estimate of drug-likeness (QED) is 0.466. The summed E-state index contributed by atoms with van der Waals surface area (Å²) < 4.78 is 19.7. The van der Waals surface area contributed by atoms with Gasteiger partial charge in [-0.2, -0.15) is 0 Å². The van der Waals surface area contributed by atoms with E-state index in [-0.39, 0.29) is 23.6 Å². The molecule has 37 heavy (non-hydrogen) atoms. The van der Waals surface area contributed by atoms with E-state index in [9.17, 15) is 14.0 Å². The molecule has 0 bridgehead atoms. The SMILES string of the molecule is NC(=O)C#CCC1CCC(N2C=C(c3ccc(Oc4ccccc4F)cc3)C3C(N)NNC(=O)C32)CC1. The van der Waals surface area contributed by atoms with Crippen molar-refractivity contribution in [2.24, 2.45) is 23.3 Å². The lowest BCUT2D eigenvalue weighted by Crippen LogP contribution is -2.67. The third kappa shape index (κ3) is 5.31. The third-order valence-electron chi connectivity index (χ3n) is 7.42. The van der Waals surface area contributed by atoms with Gasteiger partial charge in [0.1, 0.15) is 11.8 Å². The van der Waals surface area contributed by atoms with Crippen LogP contribution in [0.5, 0.6) is 11.5 Å². The Bertz CT molecular complexity index is 1260. The number of ether oxygens (including phenoxy) is 1. The van der Waals surface area contributed by atoms with Gasteiger partial charge in [0.15, 0.2) is 11.6 Å². The molecule has 0 radical (unpaired) electrons. The van der Waals surface area contributed by atoms with E-state index in [2.05, 4.69) is 33.8 Å². The van der Waals surface area contributed by atoms with Gasteiger partial charge in [-0.25, -0.2) is 9.82 Å². The van der Waals surface area contributed by atoms with Crippen LogP contribution in [-0.4, -0.2) is 35.0 Å². The van der Waals surface area contributed by atoms with Gasteiger partial charge < -0.3 is 21.1 Å². The van der Waals surface area contributed by atoms with Crippen molar-refractivity contribution in [2.45, 2.75) is 50.4 Å². The topological polar surface area (TPSA) is 123 Å². The van der Waals surface area contributed by atoms with E-state index in [4.69, 9.17) is 16.2 Å². The number of hydrogen-bond donors (Lipinski definition) is 4. The van der Waals surface area contributed by atoms with E-state index in [0.29, 0.717) is 18.1 Å². The lowest BCUT2D eigenvalue weighted by Gasteiger charge is -2.42. The highest BCUT2D eigenvalue weighted by Crippen LogP contribution is 2.42. The van der Waals surface area contributed by atoms with Gasteiger partial charge in [0.2, 0.25) is 0 Å². The number of hydrazine groups is 1. The number of hydrogen-bond acceptors (Lipinski definition) is 6. The lowest BCUT2D eigenvalue weighted by molar-refractivity contribution is -0.131. The van der Waals surface area contributed by atoms with Crippen molar-refractivity contribution in [3.63, 3.8) is 0 Å². The molecule has 5 rings (SSSR count). The number of primary amides is 1. The molecule has 2 heterocycles. The number of carbonyl (C=O) groups is 2. The highest BCUT2D eigenvalue weighted by molar-refractivity contribution is 5.91. The van der Waals surface area contributed by atoms with Crippen LogP contribution in [-0.2, 0) is 9.59 Å². The maximum absolute atomic E-state index is 14.0.